The Bertz CT molecular complexity index is 603. The molecule has 0 aliphatic carbocycles. The van der Waals surface area contributed by atoms with Crippen LogP contribution in [0.2, 0.25) is 0 Å². The molecule has 0 saturated carbocycles. The smallest absolute Gasteiger partial charge is 0.158 e. The van der Waals surface area contributed by atoms with Crippen LogP contribution in [0.4, 0.5) is 0 Å². The Morgan fingerprint density at radius 2 is 1.95 bits per heavy atom. The second-order valence-electron chi connectivity index (χ2n) is 6.64. The molecule has 0 spiro atoms. The predicted molar refractivity (Wildman–Crippen MR) is 84.1 cm³/mol. The molecule has 0 aliphatic heterocycles. The summed E-state index contributed by atoms with van der Waals surface area (Å²) in [5, 5.41) is 4.56. The van der Waals surface area contributed by atoms with Gasteiger partial charge in [-0.05, 0) is 17.8 Å². The standard InChI is InChI=1S/C15H25ClN4/c1-7-11-13-14(19(6)18-11)20(12(8-16)17-13)9-10(2)15(3,4)5/h10H,7-9H2,1-6H3. The molecule has 0 saturated heterocycles. The van der Waals surface area contributed by atoms with E-state index in [1.54, 1.807) is 0 Å². The van der Waals surface area contributed by atoms with Crippen molar-refractivity contribution >= 4 is 22.8 Å². The lowest BCUT2D eigenvalue weighted by molar-refractivity contribution is 0.232. The summed E-state index contributed by atoms with van der Waals surface area (Å²) < 4.78 is 4.18. The summed E-state index contributed by atoms with van der Waals surface area (Å²) in [6, 6.07) is 0. The summed E-state index contributed by atoms with van der Waals surface area (Å²) in [6.07, 6.45) is 0.894. The second-order valence-corrected chi connectivity index (χ2v) is 6.90. The normalized spacial score (nSPS) is 14.2. The Labute approximate surface area is 126 Å². The van der Waals surface area contributed by atoms with Gasteiger partial charge in [-0.3, -0.25) is 4.68 Å². The van der Waals surface area contributed by atoms with Crippen LogP contribution in [0, 0.1) is 11.3 Å². The van der Waals surface area contributed by atoms with Crippen molar-refractivity contribution in [1.29, 1.82) is 0 Å². The molecule has 2 aromatic rings. The number of halogens is 1. The fraction of sp³-hybridized carbons (Fsp3) is 0.733. The third kappa shape index (κ3) is 2.58. The lowest BCUT2D eigenvalue weighted by Gasteiger charge is -2.28. The van der Waals surface area contributed by atoms with E-state index in [0.717, 1.165) is 35.6 Å². The van der Waals surface area contributed by atoms with Crippen molar-refractivity contribution in [3.05, 3.63) is 11.5 Å². The first-order chi connectivity index (χ1) is 9.29. The zero-order valence-electron chi connectivity index (χ0n) is 13.4. The van der Waals surface area contributed by atoms with Gasteiger partial charge in [-0.25, -0.2) is 4.98 Å². The Balaban J connectivity index is 2.53. The van der Waals surface area contributed by atoms with Crippen molar-refractivity contribution in [3.8, 4) is 0 Å². The number of fused-ring (bicyclic) bond motifs is 1. The van der Waals surface area contributed by atoms with Crippen LogP contribution in [0.25, 0.3) is 11.2 Å². The Morgan fingerprint density at radius 1 is 1.30 bits per heavy atom. The van der Waals surface area contributed by atoms with Crippen molar-refractivity contribution in [2.75, 3.05) is 0 Å². The maximum absolute atomic E-state index is 6.09. The number of hydrogen-bond acceptors (Lipinski definition) is 2. The average molecular weight is 297 g/mol. The van der Waals surface area contributed by atoms with Gasteiger partial charge in [0.2, 0.25) is 0 Å². The Hall–Kier alpha value is -1.03. The van der Waals surface area contributed by atoms with Crippen molar-refractivity contribution < 1.29 is 0 Å². The van der Waals surface area contributed by atoms with E-state index in [9.17, 15) is 0 Å². The second kappa shape index (κ2) is 5.40. The van der Waals surface area contributed by atoms with Crippen molar-refractivity contribution in [1.82, 2.24) is 19.3 Å². The zero-order chi connectivity index (χ0) is 15.1. The molecule has 20 heavy (non-hydrogen) atoms. The Morgan fingerprint density at radius 3 is 2.45 bits per heavy atom. The minimum atomic E-state index is 0.256. The fourth-order valence-corrected chi connectivity index (χ4v) is 2.57. The maximum Gasteiger partial charge on any atom is 0.158 e. The molecule has 5 heteroatoms. The molecule has 0 N–H and O–H groups in total. The first kappa shape index (κ1) is 15.4. The molecule has 2 rings (SSSR count). The highest BCUT2D eigenvalue weighted by Crippen LogP contribution is 2.29. The van der Waals surface area contributed by atoms with Gasteiger partial charge >= 0.3 is 0 Å². The number of rotatable bonds is 4. The number of imidazole rings is 1. The maximum atomic E-state index is 6.09. The van der Waals surface area contributed by atoms with E-state index in [1.807, 2.05) is 11.7 Å². The van der Waals surface area contributed by atoms with Crippen LogP contribution in [0.5, 0.6) is 0 Å². The molecule has 2 aromatic heterocycles. The van der Waals surface area contributed by atoms with E-state index in [4.69, 9.17) is 16.6 Å². The molecule has 0 fully saturated rings. The van der Waals surface area contributed by atoms with Crippen molar-refractivity contribution in [3.63, 3.8) is 0 Å². The van der Waals surface area contributed by atoms with Gasteiger partial charge in [-0.2, -0.15) is 5.10 Å². The summed E-state index contributed by atoms with van der Waals surface area (Å²) in [6.45, 7) is 12.1. The summed E-state index contributed by atoms with van der Waals surface area (Å²) in [4.78, 5) is 4.71. The minimum absolute atomic E-state index is 0.256. The molecule has 0 radical (unpaired) electrons. The van der Waals surface area contributed by atoms with Gasteiger partial charge in [0.05, 0.1) is 11.6 Å². The van der Waals surface area contributed by atoms with Crippen LogP contribution < -0.4 is 0 Å². The van der Waals surface area contributed by atoms with E-state index < -0.39 is 0 Å². The highest BCUT2D eigenvalue weighted by molar-refractivity contribution is 6.16. The predicted octanol–water partition coefficient (Wildman–Crippen LogP) is 3.75. The fourth-order valence-electron chi connectivity index (χ4n) is 2.37. The highest BCUT2D eigenvalue weighted by atomic mass is 35.5. The van der Waals surface area contributed by atoms with Gasteiger partial charge in [-0.1, -0.05) is 34.6 Å². The topological polar surface area (TPSA) is 35.6 Å². The minimum Gasteiger partial charge on any atom is -0.312 e. The van der Waals surface area contributed by atoms with E-state index >= 15 is 0 Å². The molecule has 0 amide bonds. The van der Waals surface area contributed by atoms with E-state index in [-0.39, 0.29) is 5.41 Å². The largest absolute Gasteiger partial charge is 0.312 e. The third-order valence-electron chi connectivity index (χ3n) is 4.26. The monoisotopic (exact) mass is 296 g/mol. The van der Waals surface area contributed by atoms with Gasteiger partial charge in [0.15, 0.2) is 5.65 Å². The number of hydrogen-bond donors (Lipinski definition) is 0. The van der Waals surface area contributed by atoms with Crippen LogP contribution in [0.15, 0.2) is 0 Å². The van der Waals surface area contributed by atoms with Crippen LogP contribution in [-0.4, -0.2) is 19.3 Å². The molecule has 112 valence electrons. The van der Waals surface area contributed by atoms with Crippen molar-refractivity contribution in [2.24, 2.45) is 18.4 Å². The first-order valence-electron chi connectivity index (χ1n) is 7.26. The van der Waals surface area contributed by atoms with Gasteiger partial charge in [0.25, 0.3) is 0 Å². The van der Waals surface area contributed by atoms with Crippen LogP contribution in [0.3, 0.4) is 0 Å². The zero-order valence-corrected chi connectivity index (χ0v) is 14.1. The van der Waals surface area contributed by atoms with E-state index in [2.05, 4.69) is 44.3 Å². The third-order valence-corrected chi connectivity index (χ3v) is 4.50. The summed E-state index contributed by atoms with van der Waals surface area (Å²) in [5.41, 5.74) is 3.41. The summed E-state index contributed by atoms with van der Waals surface area (Å²) in [7, 11) is 1.99. The summed E-state index contributed by atoms with van der Waals surface area (Å²) >= 11 is 6.09. The molecule has 4 nitrogen and oxygen atoms in total. The molecule has 0 aromatic carbocycles. The molecule has 0 aliphatic rings. The average Bonchev–Trinajstić information content (AvgIpc) is 2.87. The molecule has 1 unspecified atom stereocenters. The Kier molecular flexibility index (Phi) is 4.14. The lowest BCUT2D eigenvalue weighted by atomic mass is 9.82. The molecule has 1 atom stereocenters. The number of nitrogens with zero attached hydrogens (tertiary/aromatic N) is 4. The number of aryl methyl sites for hydroxylation is 2. The molecule has 2 heterocycles. The van der Waals surface area contributed by atoms with Crippen LogP contribution in [-0.2, 0) is 25.9 Å². The highest BCUT2D eigenvalue weighted by Gasteiger charge is 2.24. The SMILES string of the molecule is CCc1nn(C)c2c1nc(CCl)n2CC(C)C(C)(C)C. The molecular formula is C15H25ClN4. The quantitative estimate of drug-likeness (QED) is 0.806. The van der Waals surface area contributed by atoms with E-state index in [1.165, 1.54) is 0 Å². The molecule has 0 bridgehead atoms. The van der Waals surface area contributed by atoms with Gasteiger partial charge in [-0.15, -0.1) is 11.6 Å². The van der Waals surface area contributed by atoms with Gasteiger partial charge in [0.1, 0.15) is 11.3 Å². The lowest BCUT2D eigenvalue weighted by Crippen LogP contribution is -2.23. The van der Waals surface area contributed by atoms with Crippen LogP contribution in [0.1, 0.15) is 46.1 Å². The number of aromatic nitrogens is 4. The van der Waals surface area contributed by atoms with Crippen molar-refractivity contribution in [2.45, 2.75) is 53.5 Å². The first-order valence-corrected chi connectivity index (χ1v) is 7.80. The van der Waals surface area contributed by atoms with E-state index in [0.29, 0.717) is 11.8 Å². The molecular weight excluding hydrogens is 272 g/mol. The number of alkyl halides is 1. The van der Waals surface area contributed by atoms with Crippen LogP contribution >= 0.6 is 11.6 Å². The van der Waals surface area contributed by atoms with Gasteiger partial charge in [0, 0.05) is 13.6 Å². The summed E-state index contributed by atoms with van der Waals surface area (Å²) in [5.74, 6) is 1.91. The van der Waals surface area contributed by atoms with Gasteiger partial charge < -0.3 is 4.57 Å².